The van der Waals surface area contributed by atoms with E-state index in [1.165, 1.54) is 4.90 Å². The molecule has 2 aromatic rings. The van der Waals surface area contributed by atoms with E-state index in [0.29, 0.717) is 34.2 Å². The maximum Gasteiger partial charge on any atom is 0.340 e. The number of carbonyl (C=O) groups excluding carboxylic acids is 2. The number of ether oxygens (including phenoxy) is 4. The number of hydrogen-bond acceptors (Lipinski definition) is 6. The number of anilines is 1. The summed E-state index contributed by atoms with van der Waals surface area (Å²) in [5.41, 5.74) is 2.37. The second kappa shape index (κ2) is 7.94. The third kappa shape index (κ3) is 3.39. The molecule has 7 heteroatoms. The number of amides is 1. The van der Waals surface area contributed by atoms with Crippen LogP contribution in [0.15, 0.2) is 59.3 Å². The third-order valence-corrected chi connectivity index (χ3v) is 4.92. The van der Waals surface area contributed by atoms with E-state index in [0.717, 1.165) is 0 Å². The Morgan fingerprint density at radius 2 is 1.87 bits per heavy atom. The van der Waals surface area contributed by atoms with Crippen molar-refractivity contribution in [1.82, 2.24) is 0 Å². The zero-order chi connectivity index (χ0) is 21.3. The average molecular weight is 407 g/mol. The minimum Gasteiger partial charge on any atom is -0.497 e. The summed E-state index contributed by atoms with van der Waals surface area (Å²) in [6.07, 6.45) is 1.67. The second-order valence-electron chi connectivity index (χ2n) is 6.69. The van der Waals surface area contributed by atoms with E-state index in [1.54, 1.807) is 63.4 Å². The molecule has 2 aliphatic heterocycles. The highest BCUT2D eigenvalue weighted by atomic mass is 16.7. The van der Waals surface area contributed by atoms with Crippen LogP contribution in [-0.4, -0.2) is 32.4 Å². The molecule has 0 radical (unpaired) electrons. The first kappa shape index (κ1) is 19.6. The van der Waals surface area contributed by atoms with Gasteiger partial charge in [0.2, 0.25) is 6.79 Å². The largest absolute Gasteiger partial charge is 0.497 e. The highest BCUT2D eigenvalue weighted by molar-refractivity contribution is 6.23. The molecule has 0 unspecified atom stereocenters. The number of hydrogen-bond donors (Lipinski definition) is 0. The average Bonchev–Trinajstić information content (AvgIpc) is 3.30. The van der Waals surface area contributed by atoms with Gasteiger partial charge in [-0.3, -0.25) is 9.69 Å². The van der Waals surface area contributed by atoms with Crippen LogP contribution in [0, 0.1) is 0 Å². The summed E-state index contributed by atoms with van der Waals surface area (Å²) in [5, 5.41) is 0. The Bertz CT molecular complexity index is 1070. The zero-order valence-corrected chi connectivity index (χ0v) is 16.9. The first-order valence-corrected chi connectivity index (χ1v) is 9.51. The van der Waals surface area contributed by atoms with E-state index in [-0.39, 0.29) is 30.5 Å². The monoisotopic (exact) mass is 407 g/mol. The molecule has 0 fully saturated rings. The van der Waals surface area contributed by atoms with Gasteiger partial charge in [-0.2, -0.15) is 0 Å². The van der Waals surface area contributed by atoms with Gasteiger partial charge in [0.1, 0.15) is 5.75 Å². The summed E-state index contributed by atoms with van der Waals surface area (Å²) < 4.78 is 21.2. The molecule has 0 atom stereocenters. The summed E-state index contributed by atoms with van der Waals surface area (Å²) in [5.74, 6) is 1.07. The van der Waals surface area contributed by atoms with Gasteiger partial charge >= 0.3 is 5.97 Å². The fourth-order valence-corrected chi connectivity index (χ4v) is 3.49. The van der Waals surface area contributed by atoms with Crippen LogP contribution in [0.5, 0.6) is 17.2 Å². The molecule has 0 saturated carbocycles. The number of carbonyl (C=O) groups is 2. The highest BCUT2D eigenvalue weighted by Gasteiger charge is 2.38. The number of rotatable bonds is 5. The molecule has 0 spiro atoms. The van der Waals surface area contributed by atoms with Crippen LogP contribution in [0.2, 0.25) is 0 Å². The number of fused-ring (bicyclic) bond motifs is 1. The normalized spacial score (nSPS) is 16.4. The van der Waals surface area contributed by atoms with E-state index in [1.807, 2.05) is 6.07 Å². The minimum absolute atomic E-state index is 0.159. The van der Waals surface area contributed by atoms with Crippen LogP contribution >= 0.6 is 0 Å². The molecule has 0 aliphatic carbocycles. The predicted molar refractivity (Wildman–Crippen MR) is 110 cm³/mol. The Hall–Kier alpha value is -3.74. The number of nitrogens with zero attached hydrogens (tertiary/aromatic N) is 1. The van der Waals surface area contributed by atoms with Crippen molar-refractivity contribution in [2.45, 2.75) is 13.8 Å². The second-order valence-corrected chi connectivity index (χ2v) is 6.69. The van der Waals surface area contributed by atoms with Gasteiger partial charge in [0.15, 0.2) is 11.5 Å². The van der Waals surface area contributed by atoms with Crippen molar-refractivity contribution >= 4 is 23.6 Å². The van der Waals surface area contributed by atoms with Crippen LogP contribution in [0.4, 0.5) is 5.69 Å². The zero-order valence-electron chi connectivity index (χ0n) is 16.9. The van der Waals surface area contributed by atoms with Crippen LogP contribution < -0.4 is 19.1 Å². The van der Waals surface area contributed by atoms with Gasteiger partial charge in [-0.15, -0.1) is 0 Å². The molecular weight excluding hydrogens is 386 g/mol. The maximum absolute atomic E-state index is 13.3. The molecule has 0 saturated heterocycles. The molecule has 7 nitrogen and oxygen atoms in total. The van der Waals surface area contributed by atoms with Crippen LogP contribution in [-0.2, 0) is 14.3 Å². The van der Waals surface area contributed by atoms with Crippen molar-refractivity contribution in [2.75, 3.05) is 25.4 Å². The molecule has 2 heterocycles. The van der Waals surface area contributed by atoms with Gasteiger partial charge < -0.3 is 18.9 Å². The van der Waals surface area contributed by atoms with Gasteiger partial charge in [-0.05, 0) is 61.9 Å². The summed E-state index contributed by atoms with van der Waals surface area (Å²) in [4.78, 5) is 27.6. The molecule has 154 valence electrons. The lowest BCUT2D eigenvalue weighted by Gasteiger charge is -2.18. The molecule has 1 amide bonds. The smallest absolute Gasteiger partial charge is 0.340 e. The van der Waals surface area contributed by atoms with Crippen molar-refractivity contribution in [3.8, 4) is 17.2 Å². The molecule has 0 bridgehead atoms. The topological polar surface area (TPSA) is 74.3 Å². The molecule has 0 N–H and O–H groups in total. The summed E-state index contributed by atoms with van der Waals surface area (Å²) in [7, 11) is 1.58. The molecule has 30 heavy (non-hydrogen) atoms. The lowest BCUT2D eigenvalue weighted by atomic mass is 10.0. The summed E-state index contributed by atoms with van der Waals surface area (Å²) in [6.45, 7) is 3.83. The highest BCUT2D eigenvalue weighted by Crippen LogP contribution is 2.38. The molecular formula is C23H21NO6. The standard InChI is InChI=1S/C23H21NO6/c1-4-28-23(26)21-14(2)24(16-6-8-17(27-3)9-7-16)22(25)18(21)11-15-5-10-19-20(12-15)30-13-29-19/h5-12H,4,13H2,1-3H3/b18-11+. The van der Waals surface area contributed by atoms with Gasteiger partial charge in [0.25, 0.3) is 5.91 Å². The van der Waals surface area contributed by atoms with Gasteiger partial charge in [0.05, 0.1) is 24.9 Å². The van der Waals surface area contributed by atoms with Crippen molar-refractivity contribution in [2.24, 2.45) is 0 Å². The van der Waals surface area contributed by atoms with Gasteiger partial charge in [-0.25, -0.2) is 4.79 Å². The fourth-order valence-electron chi connectivity index (χ4n) is 3.49. The molecule has 0 aromatic heterocycles. The number of esters is 1. The van der Waals surface area contributed by atoms with Crippen LogP contribution in [0.3, 0.4) is 0 Å². The Balaban J connectivity index is 1.78. The van der Waals surface area contributed by atoms with E-state index in [2.05, 4.69) is 0 Å². The van der Waals surface area contributed by atoms with Crippen LogP contribution in [0.25, 0.3) is 6.08 Å². The SMILES string of the molecule is CCOC(=O)C1=C(C)N(c2ccc(OC)cc2)C(=O)/C1=C/c1ccc2c(c1)OCO2. The lowest BCUT2D eigenvalue weighted by molar-refractivity contribution is -0.138. The molecule has 2 aromatic carbocycles. The van der Waals surface area contributed by atoms with Crippen LogP contribution in [0.1, 0.15) is 19.4 Å². The number of benzene rings is 2. The lowest BCUT2D eigenvalue weighted by Crippen LogP contribution is -2.24. The van der Waals surface area contributed by atoms with Crippen molar-refractivity contribution in [1.29, 1.82) is 0 Å². The third-order valence-electron chi connectivity index (χ3n) is 4.92. The first-order chi connectivity index (χ1) is 14.5. The van der Waals surface area contributed by atoms with E-state index >= 15 is 0 Å². The van der Waals surface area contributed by atoms with Crippen molar-refractivity contribution in [3.05, 3.63) is 64.9 Å². The summed E-state index contributed by atoms with van der Waals surface area (Å²) in [6, 6.07) is 12.4. The Kier molecular flexibility index (Phi) is 5.18. The van der Waals surface area contributed by atoms with Crippen molar-refractivity contribution < 1.29 is 28.5 Å². The summed E-state index contributed by atoms with van der Waals surface area (Å²) >= 11 is 0. The Morgan fingerprint density at radius 3 is 2.57 bits per heavy atom. The minimum atomic E-state index is -0.536. The number of allylic oxidation sites excluding steroid dienone is 1. The number of methoxy groups -OCH3 is 1. The van der Waals surface area contributed by atoms with E-state index in [4.69, 9.17) is 18.9 Å². The predicted octanol–water partition coefficient (Wildman–Crippen LogP) is 3.69. The molecule has 2 aliphatic rings. The van der Waals surface area contributed by atoms with E-state index in [9.17, 15) is 9.59 Å². The van der Waals surface area contributed by atoms with Crippen molar-refractivity contribution in [3.63, 3.8) is 0 Å². The Morgan fingerprint density at radius 1 is 1.13 bits per heavy atom. The maximum atomic E-state index is 13.3. The van der Waals surface area contributed by atoms with E-state index < -0.39 is 5.97 Å². The Labute approximate surface area is 174 Å². The first-order valence-electron chi connectivity index (χ1n) is 9.51. The van der Waals surface area contributed by atoms with Gasteiger partial charge in [0, 0.05) is 11.4 Å². The molecule has 4 rings (SSSR count). The fraction of sp³-hybridized carbons (Fsp3) is 0.217. The quantitative estimate of drug-likeness (QED) is 0.556. The van der Waals surface area contributed by atoms with Gasteiger partial charge in [-0.1, -0.05) is 6.07 Å².